The number of rotatable bonds is 2. The third-order valence-corrected chi connectivity index (χ3v) is 4.52. The molecular weight excluding hydrogens is 308 g/mol. The van der Waals surface area contributed by atoms with Crippen LogP contribution in [0.15, 0.2) is 51.7 Å². The minimum Gasteiger partial charge on any atom is -0.408 e. The highest BCUT2D eigenvalue weighted by atomic mass is 35.5. The number of halogens is 1. The van der Waals surface area contributed by atoms with E-state index in [1.807, 2.05) is 24.3 Å². The van der Waals surface area contributed by atoms with Crippen LogP contribution in [0, 0.1) is 0 Å². The predicted octanol–water partition coefficient (Wildman–Crippen LogP) is 3.91. The van der Waals surface area contributed by atoms with Gasteiger partial charge in [-0.1, -0.05) is 23.7 Å². The summed E-state index contributed by atoms with van der Waals surface area (Å²) < 4.78 is 7.91. The van der Waals surface area contributed by atoms with Gasteiger partial charge in [0.25, 0.3) is 0 Å². The zero-order valence-electron chi connectivity index (χ0n) is 10.7. The summed E-state index contributed by atoms with van der Waals surface area (Å²) in [4.78, 5) is 16.5. The third kappa shape index (κ3) is 2.14. The molecule has 21 heavy (non-hydrogen) atoms. The topological polar surface area (TPSA) is 48.0 Å². The van der Waals surface area contributed by atoms with Crippen molar-refractivity contribution in [2.24, 2.45) is 0 Å². The number of hydrogen-bond donors (Lipinski definition) is 0. The average Bonchev–Trinajstić information content (AvgIpc) is 3.00. The van der Waals surface area contributed by atoms with E-state index < -0.39 is 5.76 Å². The van der Waals surface area contributed by atoms with E-state index in [9.17, 15) is 4.79 Å². The Balaban J connectivity index is 1.83. The first kappa shape index (κ1) is 12.6. The third-order valence-electron chi connectivity index (χ3n) is 3.26. The summed E-state index contributed by atoms with van der Waals surface area (Å²) in [6, 6.07) is 13.1. The molecule has 0 spiro atoms. The number of hydrogen-bond acceptors (Lipinski definition) is 4. The Morgan fingerprint density at radius 2 is 2.10 bits per heavy atom. The van der Waals surface area contributed by atoms with Gasteiger partial charge in [0.1, 0.15) is 5.01 Å². The molecule has 0 saturated heterocycles. The van der Waals surface area contributed by atoms with Crippen molar-refractivity contribution in [2.45, 2.75) is 6.54 Å². The van der Waals surface area contributed by atoms with Crippen LogP contribution in [0.2, 0.25) is 5.02 Å². The van der Waals surface area contributed by atoms with Gasteiger partial charge in [-0.15, -0.1) is 11.3 Å². The molecular formula is C15H9ClN2O2S. The highest BCUT2D eigenvalue weighted by Crippen LogP contribution is 2.24. The van der Waals surface area contributed by atoms with E-state index >= 15 is 0 Å². The lowest BCUT2D eigenvalue weighted by molar-refractivity contribution is 0.517. The number of nitrogens with zero attached hydrogens (tertiary/aromatic N) is 2. The molecule has 0 atom stereocenters. The van der Waals surface area contributed by atoms with E-state index in [1.54, 1.807) is 34.1 Å². The summed E-state index contributed by atoms with van der Waals surface area (Å²) in [6.07, 6.45) is 0. The molecule has 0 amide bonds. The van der Waals surface area contributed by atoms with Crippen LogP contribution in [-0.4, -0.2) is 9.55 Å². The normalized spacial score (nSPS) is 11.5. The summed E-state index contributed by atoms with van der Waals surface area (Å²) in [5, 5.41) is 1.42. The van der Waals surface area contributed by atoms with E-state index in [0.717, 1.165) is 20.7 Å². The van der Waals surface area contributed by atoms with E-state index in [2.05, 4.69) is 4.98 Å². The first-order chi connectivity index (χ1) is 10.2. The van der Waals surface area contributed by atoms with Crippen molar-refractivity contribution >= 4 is 44.3 Å². The minimum atomic E-state index is -0.397. The minimum absolute atomic E-state index is 0.396. The van der Waals surface area contributed by atoms with Crippen LogP contribution in [-0.2, 0) is 6.54 Å². The summed E-state index contributed by atoms with van der Waals surface area (Å²) in [7, 11) is 0. The van der Waals surface area contributed by atoms with Crippen LogP contribution >= 0.6 is 22.9 Å². The van der Waals surface area contributed by atoms with Crippen molar-refractivity contribution in [2.75, 3.05) is 0 Å². The van der Waals surface area contributed by atoms with Crippen molar-refractivity contribution < 1.29 is 4.42 Å². The van der Waals surface area contributed by atoms with Gasteiger partial charge in [0, 0.05) is 11.1 Å². The SMILES string of the molecule is O=c1oc2cc(Cl)ccc2n1Cc1nc2ccccc2s1. The Morgan fingerprint density at radius 1 is 1.24 bits per heavy atom. The van der Waals surface area contributed by atoms with Gasteiger partial charge < -0.3 is 4.42 Å². The molecule has 0 aliphatic heterocycles. The Morgan fingerprint density at radius 3 is 2.95 bits per heavy atom. The van der Waals surface area contributed by atoms with Gasteiger partial charge >= 0.3 is 5.76 Å². The Labute approximate surface area is 128 Å². The number of oxazole rings is 1. The van der Waals surface area contributed by atoms with Gasteiger partial charge in [0.2, 0.25) is 0 Å². The van der Waals surface area contributed by atoms with Gasteiger partial charge in [-0.25, -0.2) is 9.78 Å². The molecule has 0 bridgehead atoms. The second-order valence-electron chi connectivity index (χ2n) is 4.64. The van der Waals surface area contributed by atoms with Crippen LogP contribution in [0.3, 0.4) is 0 Å². The molecule has 0 unspecified atom stereocenters. The number of aromatic nitrogens is 2. The zero-order chi connectivity index (χ0) is 14.4. The zero-order valence-corrected chi connectivity index (χ0v) is 12.3. The molecule has 0 aliphatic rings. The molecule has 0 radical (unpaired) electrons. The molecule has 104 valence electrons. The summed E-state index contributed by atoms with van der Waals surface area (Å²) in [5.41, 5.74) is 2.17. The van der Waals surface area contributed by atoms with Crippen LogP contribution < -0.4 is 5.76 Å². The molecule has 0 fully saturated rings. The molecule has 2 aromatic carbocycles. The molecule has 4 nitrogen and oxygen atoms in total. The van der Waals surface area contributed by atoms with Gasteiger partial charge in [-0.2, -0.15) is 0 Å². The first-order valence-electron chi connectivity index (χ1n) is 6.34. The Kier molecular flexibility index (Phi) is 2.83. The van der Waals surface area contributed by atoms with Gasteiger partial charge in [0.15, 0.2) is 5.58 Å². The molecule has 0 N–H and O–H groups in total. The largest absolute Gasteiger partial charge is 0.420 e. The predicted molar refractivity (Wildman–Crippen MR) is 84.2 cm³/mol. The molecule has 2 heterocycles. The van der Waals surface area contributed by atoms with E-state index in [0.29, 0.717) is 17.2 Å². The van der Waals surface area contributed by atoms with Crippen molar-refractivity contribution in [3.05, 3.63) is 63.0 Å². The van der Waals surface area contributed by atoms with Crippen molar-refractivity contribution in [3.63, 3.8) is 0 Å². The maximum Gasteiger partial charge on any atom is 0.420 e. The standard InChI is InChI=1S/C15H9ClN2O2S/c16-9-5-6-11-12(7-9)20-15(19)18(11)8-14-17-10-3-1-2-4-13(10)21-14/h1-7H,8H2. The van der Waals surface area contributed by atoms with Crippen molar-refractivity contribution in [1.29, 1.82) is 0 Å². The Bertz CT molecular complexity index is 982. The van der Waals surface area contributed by atoms with Crippen molar-refractivity contribution in [3.8, 4) is 0 Å². The first-order valence-corrected chi connectivity index (χ1v) is 7.53. The smallest absolute Gasteiger partial charge is 0.408 e. The monoisotopic (exact) mass is 316 g/mol. The second-order valence-corrected chi connectivity index (χ2v) is 6.19. The fourth-order valence-corrected chi connectivity index (χ4v) is 3.43. The summed E-state index contributed by atoms with van der Waals surface area (Å²) in [6.45, 7) is 0.396. The number of para-hydroxylation sites is 1. The van der Waals surface area contributed by atoms with Crippen molar-refractivity contribution in [1.82, 2.24) is 9.55 Å². The summed E-state index contributed by atoms with van der Waals surface area (Å²) in [5.74, 6) is -0.397. The summed E-state index contributed by atoms with van der Waals surface area (Å²) >= 11 is 7.49. The molecule has 4 rings (SSSR count). The maximum atomic E-state index is 12.0. The second kappa shape index (κ2) is 4.72. The van der Waals surface area contributed by atoms with Gasteiger partial charge in [-0.05, 0) is 24.3 Å². The quantitative estimate of drug-likeness (QED) is 0.563. The molecule has 6 heteroatoms. The molecule has 0 saturated carbocycles. The maximum absolute atomic E-state index is 12.0. The van der Waals surface area contributed by atoms with Crippen LogP contribution in [0.5, 0.6) is 0 Å². The van der Waals surface area contributed by atoms with E-state index in [1.165, 1.54) is 0 Å². The highest BCUT2D eigenvalue weighted by Gasteiger charge is 2.12. The molecule has 0 aliphatic carbocycles. The number of benzene rings is 2. The lowest BCUT2D eigenvalue weighted by Crippen LogP contribution is -2.14. The number of thiazole rings is 1. The highest BCUT2D eigenvalue weighted by molar-refractivity contribution is 7.18. The lowest BCUT2D eigenvalue weighted by Gasteiger charge is -1.98. The average molecular weight is 317 g/mol. The van der Waals surface area contributed by atoms with Crippen LogP contribution in [0.25, 0.3) is 21.3 Å². The molecule has 2 aromatic heterocycles. The van der Waals surface area contributed by atoms with E-state index in [-0.39, 0.29) is 0 Å². The van der Waals surface area contributed by atoms with Gasteiger partial charge in [-0.3, -0.25) is 4.57 Å². The van der Waals surface area contributed by atoms with Crippen LogP contribution in [0.1, 0.15) is 5.01 Å². The molecule has 4 aromatic rings. The van der Waals surface area contributed by atoms with Crippen LogP contribution in [0.4, 0.5) is 0 Å². The number of fused-ring (bicyclic) bond motifs is 2. The fourth-order valence-electron chi connectivity index (χ4n) is 2.31. The Hall–Kier alpha value is -2.11. The fraction of sp³-hybridized carbons (Fsp3) is 0.0667. The van der Waals surface area contributed by atoms with Gasteiger partial charge in [0.05, 0.1) is 22.3 Å². The van der Waals surface area contributed by atoms with E-state index in [4.69, 9.17) is 16.0 Å². The lowest BCUT2D eigenvalue weighted by atomic mass is 10.3.